The molecule has 3 aromatic rings. The van der Waals surface area contributed by atoms with Gasteiger partial charge in [0, 0.05) is 17.3 Å². The van der Waals surface area contributed by atoms with Crippen molar-refractivity contribution in [1.29, 1.82) is 0 Å². The first-order valence-electron chi connectivity index (χ1n) is 9.61. The van der Waals surface area contributed by atoms with Gasteiger partial charge in [-0.05, 0) is 37.6 Å². The average molecular weight is 399 g/mol. The number of aromatic nitrogens is 3. The molecule has 1 aliphatic rings. The number of piperazine rings is 1. The van der Waals surface area contributed by atoms with Crippen molar-refractivity contribution in [2.24, 2.45) is 0 Å². The van der Waals surface area contributed by atoms with E-state index in [0.717, 1.165) is 61.1 Å². The topological polar surface area (TPSA) is 72.0 Å². The third-order valence-corrected chi connectivity index (χ3v) is 6.24. The fourth-order valence-electron chi connectivity index (χ4n) is 3.55. The van der Waals surface area contributed by atoms with E-state index < -0.39 is 0 Å². The fraction of sp³-hybridized carbons (Fsp3) is 0.400. The maximum absolute atomic E-state index is 12.3. The number of rotatable bonds is 5. The highest BCUT2D eigenvalue weighted by Crippen LogP contribution is 2.16. The number of anilines is 1. The van der Waals surface area contributed by atoms with Crippen LogP contribution in [0.4, 0.5) is 5.69 Å². The molecule has 1 aromatic carbocycles. The number of Topliss-reactive ketones (excluding diaryl/α,β-unsaturated/α-hetero) is 1. The summed E-state index contributed by atoms with van der Waals surface area (Å²) in [4.78, 5) is 32.8. The van der Waals surface area contributed by atoms with Gasteiger partial charge < -0.3 is 9.80 Å². The number of ketones is 1. The van der Waals surface area contributed by atoms with Gasteiger partial charge in [-0.15, -0.1) is 0 Å². The highest BCUT2D eigenvalue weighted by molar-refractivity contribution is 7.16. The summed E-state index contributed by atoms with van der Waals surface area (Å²) in [5.74, 6) is 0.0909. The molecule has 146 valence electrons. The van der Waals surface area contributed by atoms with Crippen LogP contribution in [-0.4, -0.2) is 46.6 Å². The molecule has 0 spiro atoms. The van der Waals surface area contributed by atoms with Crippen molar-refractivity contribution >= 4 is 27.8 Å². The zero-order chi connectivity index (χ0) is 19.7. The van der Waals surface area contributed by atoms with Crippen LogP contribution >= 0.6 is 11.3 Å². The molecule has 0 amide bonds. The van der Waals surface area contributed by atoms with Crippen molar-refractivity contribution in [2.75, 3.05) is 31.1 Å². The molecule has 2 aromatic heterocycles. The van der Waals surface area contributed by atoms with Crippen LogP contribution in [0.5, 0.6) is 0 Å². The fourth-order valence-corrected chi connectivity index (χ4v) is 4.41. The summed E-state index contributed by atoms with van der Waals surface area (Å²) in [6.45, 7) is 8.22. The number of hydrogen-bond acceptors (Lipinski definition) is 6. The summed E-state index contributed by atoms with van der Waals surface area (Å²) < 4.78 is 1.41. The Hall–Kier alpha value is -2.58. The first-order chi connectivity index (χ1) is 13.5. The van der Waals surface area contributed by atoms with Crippen LogP contribution in [0.25, 0.3) is 4.96 Å². The Morgan fingerprint density at radius 1 is 1.21 bits per heavy atom. The van der Waals surface area contributed by atoms with Gasteiger partial charge in [0.1, 0.15) is 17.2 Å². The number of hydrogen-bond donors (Lipinski definition) is 1. The van der Waals surface area contributed by atoms with Gasteiger partial charge in [0.2, 0.25) is 4.96 Å². The molecule has 1 aliphatic heterocycles. The Kier molecular flexibility index (Phi) is 5.23. The maximum Gasteiger partial charge on any atom is 0.275 e. The van der Waals surface area contributed by atoms with Crippen molar-refractivity contribution in [2.45, 2.75) is 26.8 Å². The van der Waals surface area contributed by atoms with E-state index in [1.807, 2.05) is 31.2 Å². The van der Waals surface area contributed by atoms with E-state index in [1.54, 1.807) is 13.0 Å². The van der Waals surface area contributed by atoms with Gasteiger partial charge in [-0.1, -0.05) is 18.3 Å². The third-order valence-electron chi connectivity index (χ3n) is 5.18. The second-order valence-electron chi connectivity index (χ2n) is 7.15. The van der Waals surface area contributed by atoms with Crippen LogP contribution in [0.1, 0.15) is 34.9 Å². The molecule has 1 saturated heterocycles. The van der Waals surface area contributed by atoms with Gasteiger partial charge in [-0.25, -0.2) is 4.98 Å². The second kappa shape index (κ2) is 7.81. The maximum atomic E-state index is 12.3. The molecule has 0 bridgehead atoms. The lowest BCUT2D eigenvalue weighted by atomic mass is 10.1. The monoisotopic (exact) mass is 398 g/mol. The molecule has 0 saturated carbocycles. The minimum atomic E-state index is -0.0976. The number of nitrogens with one attached hydrogen (secondary N) is 1. The van der Waals surface area contributed by atoms with Crippen LogP contribution in [0.15, 0.2) is 35.1 Å². The van der Waals surface area contributed by atoms with Gasteiger partial charge in [0.25, 0.3) is 5.56 Å². The lowest BCUT2D eigenvalue weighted by Crippen LogP contribution is -3.13. The highest BCUT2D eigenvalue weighted by atomic mass is 32.1. The molecule has 28 heavy (non-hydrogen) atoms. The van der Waals surface area contributed by atoms with Crippen molar-refractivity contribution in [3.05, 3.63) is 57.0 Å². The van der Waals surface area contributed by atoms with Crippen molar-refractivity contribution in [3.8, 4) is 0 Å². The first-order valence-corrected chi connectivity index (χ1v) is 10.4. The van der Waals surface area contributed by atoms with Gasteiger partial charge in [-0.2, -0.15) is 9.61 Å². The minimum Gasteiger partial charge on any atom is -0.360 e. The molecule has 8 heteroatoms. The number of quaternary nitrogens is 1. The number of nitrogens with zero attached hydrogens (tertiary/aromatic N) is 4. The third kappa shape index (κ3) is 3.83. The lowest BCUT2D eigenvalue weighted by Gasteiger charge is -2.33. The van der Waals surface area contributed by atoms with Crippen LogP contribution in [-0.2, 0) is 13.0 Å². The van der Waals surface area contributed by atoms with E-state index in [-0.39, 0.29) is 11.3 Å². The molecular weight excluding hydrogens is 374 g/mol. The first kappa shape index (κ1) is 18.8. The van der Waals surface area contributed by atoms with E-state index >= 15 is 0 Å². The Balaban J connectivity index is 1.41. The van der Waals surface area contributed by atoms with Crippen molar-refractivity contribution < 1.29 is 9.69 Å². The summed E-state index contributed by atoms with van der Waals surface area (Å²) in [5, 5.41) is 5.23. The molecule has 0 atom stereocenters. The zero-order valence-electron chi connectivity index (χ0n) is 16.1. The van der Waals surface area contributed by atoms with Gasteiger partial charge in [-0.3, -0.25) is 9.59 Å². The van der Waals surface area contributed by atoms with E-state index in [4.69, 9.17) is 0 Å². The predicted octanol–water partition coefficient (Wildman–Crippen LogP) is 0.821. The normalized spacial score (nSPS) is 15.3. The molecule has 0 aliphatic carbocycles. The van der Waals surface area contributed by atoms with Crippen LogP contribution < -0.4 is 15.4 Å². The number of benzene rings is 1. The highest BCUT2D eigenvalue weighted by Gasteiger charge is 2.21. The number of carbonyl (C=O) groups is 1. The number of aryl methyl sites for hydroxylation is 1. The molecule has 1 fully saturated rings. The lowest BCUT2D eigenvalue weighted by molar-refractivity contribution is -0.914. The van der Waals surface area contributed by atoms with Crippen molar-refractivity contribution in [3.63, 3.8) is 0 Å². The van der Waals surface area contributed by atoms with E-state index in [2.05, 4.69) is 15.0 Å². The Morgan fingerprint density at radius 2 is 1.93 bits per heavy atom. The molecule has 3 heterocycles. The van der Waals surface area contributed by atoms with Crippen LogP contribution in [0, 0.1) is 0 Å². The SMILES string of the molecule is CCc1nn2c(=O)cc(C[NH+]3CCN(c4ccc(C(C)=O)cc4)CC3)nc2s1. The van der Waals surface area contributed by atoms with Gasteiger partial charge in [0.15, 0.2) is 5.78 Å². The summed E-state index contributed by atoms with van der Waals surface area (Å²) in [5.41, 5.74) is 2.64. The Bertz CT molecular complexity index is 1050. The largest absolute Gasteiger partial charge is 0.360 e. The smallest absolute Gasteiger partial charge is 0.275 e. The standard InChI is InChI=1S/C20H23N5O2S/c1-3-18-22-25-19(27)12-16(21-20(25)28-18)13-23-8-10-24(11-9-23)17-6-4-15(5-7-17)14(2)26/h4-7,12H,3,8-11,13H2,1-2H3/p+1. The number of carbonyl (C=O) groups excluding carboxylic acids is 1. The molecule has 0 radical (unpaired) electrons. The van der Waals surface area contributed by atoms with Crippen molar-refractivity contribution in [1.82, 2.24) is 14.6 Å². The summed E-state index contributed by atoms with van der Waals surface area (Å²) in [7, 11) is 0. The van der Waals surface area contributed by atoms with E-state index in [9.17, 15) is 9.59 Å². The molecule has 4 rings (SSSR count). The second-order valence-corrected chi connectivity index (χ2v) is 8.19. The predicted molar refractivity (Wildman–Crippen MR) is 110 cm³/mol. The summed E-state index contributed by atoms with van der Waals surface area (Å²) >= 11 is 1.49. The zero-order valence-corrected chi connectivity index (χ0v) is 17.0. The molecular formula is C20H24N5O2S+. The Labute approximate surface area is 167 Å². The number of fused-ring (bicyclic) bond motifs is 1. The molecule has 1 N–H and O–H groups in total. The molecule has 0 unspecified atom stereocenters. The molecule has 7 nitrogen and oxygen atoms in total. The summed E-state index contributed by atoms with van der Waals surface area (Å²) in [6.07, 6.45) is 0.809. The average Bonchev–Trinajstić information content (AvgIpc) is 3.12. The van der Waals surface area contributed by atoms with E-state index in [0.29, 0.717) is 4.96 Å². The minimum absolute atomic E-state index is 0.0909. The van der Waals surface area contributed by atoms with Crippen LogP contribution in [0.2, 0.25) is 0 Å². The van der Waals surface area contributed by atoms with E-state index in [1.165, 1.54) is 20.8 Å². The van der Waals surface area contributed by atoms with Crippen LogP contribution in [0.3, 0.4) is 0 Å². The quantitative estimate of drug-likeness (QED) is 0.645. The summed E-state index contributed by atoms with van der Waals surface area (Å²) in [6, 6.07) is 9.44. The Morgan fingerprint density at radius 3 is 2.57 bits per heavy atom. The van der Waals surface area contributed by atoms with Gasteiger partial charge >= 0.3 is 0 Å². The van der Waals surface area contributed by atoms with Gasteiger partial charge in [0.05, 0.1) is 26.2 Å².